The van der Waals surface area contributed by atoms with Gasteiger partial charge in [0.15, 0.2) is 0 Å². The lowest BCUT2D eigenvalue weighted by Gasteiger charge is -2.05. The monoisotopic (exact) mass is 284 g/mol. The zero-order valence-electron chi connectivity index (χ0n) is 9.95. The molecule has 1 aromatic carbocycles. The second kappa shape index (κ2) is 5.37. The number of halogens is 1. The van der Waals surface area contributed by atoms with Gasteiger partial charge in [-0.3, -0.25) is 9.40 Å². The van der Waals surface area contributed by atoms with Gasteiger partial charge in [-0.25, -0.2) is 12.8 Å². The van der Waals surface area contributed by atoms with Crippen molar-refractivity contribution >= 4 is 15.7 Å². The topological polar surface area (TPSA) is 90.0 Å². The van der Waals surface area contributed by atoms with E-state index in [1.165, 1.54) is 41.3 Å². The summed E-state index contributed by atoms with van der Waals surface area (Å²) in [4.78, 5) is 0.0327. The Morgan fingerprint density at radius 1 is 1.32 bits per heavy atom. The van der Waals surface area contributed by atoms with Crippen LogP contribution in [-0.2, 0) is 16.6 Å². The molecular weight excluding hydrogens is 271 g/mol. The molecule has 1 aromatic heterocycles. The van der Waals surface area contributed by atoms with Crippen LogP contribution in [0.2, 0.25) is 0 Å². The van der Waals surface area contributed by atoms with Crippen molar-refractivity contribution in [3.8, 4) is 0 Å². The summed E-state index contributed by atoms with van der Waals surface area (Å²) in [7, 11) is -3.72. The Hall–Kier alpha value is -1.93. The first-order chi connectivity index (χ1) is 9.01. The number of rotatable bonds is 5. The van der Waals surface area contributed by atoms with Crippen LogP contribution in [-0.4, -0.2) is 24.7 Å². The maximum atomic E-state index is 12.7. The summed E-state index contributed by atoms with van der Waals surface area (Å²) in [6, 6.07) is 5.04. The van der Waals surface area contributed by atoms with Crippen LogP contribution < -0.4 is 10.5 Å². The molecule has 2 rings (SSSR count). The van der Waals surface area contributed by atoms with Gasteiger partial charge in [0.2, 0.25) is 0 Å². The fourth-order valence-corrected chi connectivity index (χ4v) is 2.48. The van der Waals surface area contributed by atoms with Gasteiger partial charge in [-0.05, 0) is 24.3 Å². The molecule has 0 atom stereocenters. The maximum absolute atomic E-state index is 12.7. The van der Waals surface area contributed by atoms with Crippen LogP contribution in [0, 0.1) is 5.82 Å². The van der Waals surface area contributed by atoms with E-state index in [9.17, 15) is 12.8 Å². The number of nitrogens with one attached hydrogen (secondary N) is 1. The minimum Gasteiger partial charge on any atom is -0.329 e. The molecule has 0 unspecified atom stereocenters. The van der Waals surface area contributed by atoms with E-state index in [0.29, 0.717) is 13.1 Å². The van der Waals surface area contributed by atoms with Gasteiger partial charge in [0, 0.05) is 18.4 Å². The molecule has 0 bridgehead atoms. The Morgan fingerprint density at radius 3 is 2.63 bits per heavy atom. The molecule has 2 aromatic rings. The number of sulfonamides is 1. The molecule has 0 spiro atoms. The Labute approximate surface area is 110 Å². The third kappa shape index (κ3) is 3.30. The molecule has 0 saturated heterocycles. The molecule has 8 heteroatoms. The molecule has 19 heavy (non-hydrogen) atoms. The van der Waals surface area contributed by atoms with Crippen molar-refractivity contribution in [1.82, 2.24) is 9.78 Å². The van der Waals surface area contributed by atoms with Gasteiger partial charge in [0.05, 0.1) is 12.7 Å². The standard InChI is InChI=1S/C11H13FN4O2S/c12-9-1-3-10(4-2-9)15-19(17,18)11-7-14-16(8-11)6-5-13/h1-4,7-8,15H,5-6,13H2. The van der Waals surface area contributed by atoms with Gasteiger partial charge in [-0.1, -0.05) is 0 Å². The first-order valence-electron chi connectivity index (χ1n) is 5.52. The number of nitrogens with zero attached hydrogens (tertiary/aromatic N) is 2. The van der Waals surface area contributed by atoms with Crippen molar-refractivity contribution in [3.63, 3.8) is 0 Å². The van der Waals surface area contributed by atoms with Crippen LogP contribution in [0.25, 0.3) is 0 Å². The molecule has 6 nitrogen and oxygen atoms in total. The minimum atomic E-state index is -3.72. The van der Waals surface area contributed by atoms with E-state index in [2.05, 4.69) is 9.82 Å². The van der Waals surface area contributed by atoms with E-state index in [0.717, 1.165) is 0 Å². The fourth-order valence-electron chi connectivity index (χ4n) is 1.47. The quantitative estimate of drug-likeness (QED) is 0.849. The lowest BCUT2D eigenvalue weighted by Crippen LogP contribution is -2.13. The summed E-state index contributed by atoms with van der Waals surface area (Å²) in [5.74, 6) is -0.432. The first kappa shape index (κ1) is 13.5. The van der Waals surface area contributed by atoms with E-state index >= 15 is 0 Å². The van der Waals surface area contributed by atoms with Gasteiger partial charge in [-0.2, -0.15) is 5.10 Å². The molecule has 102 valence electrons. The van der Waals surface area contributed by atoms with Crippen LogP contribution >= 0.6 is 0 Å². The third-order valence-corrected chi connectivity index (χ3v) is 3.71. The van der Waals surface area contributed by atoms with Gasteiger partial charge >= 0.3 is 0 Å². The normalized spacial score (nSPS) is 11.5. The lowest BCUT2D eigenvalue weighted by molar-refractivity contribution is 0.599. The fraction of sp³-hybridized carbons (Fsp3) is 0.182. The zero-order chi connectivity index (χ0) is 13.9. The smallest absolute Gasteiger partial charge is 0.265 e. The van der Waals surface area contributed by atoms with Crippen LogP contribution in [0.5, 0.6) is 0 Å². The van der Waals surface area contributed by atoms with Crippen LogP contribution in [0.15, 0.2) is 41.6 Å². The number of anilines is 1. The highest BCUT2D eigenvalue weighted by molar-refractivity contribution is 7.92. The number of aromatic nitrogens is 2. The predicted molar refractivity (Wildman–Crippen MR) is 68.5 cm³/mol. The molecule has 0 radical (unpaired) electrons. The highest BCUT2D eigenvalue weighted by Gasteiger charge is 2.16. The highest BCUT2D eigenvalue weighted by atomic mass is 32.2. The Kier molecular flexibility index (Phi) is 3.82. The Bertz CT molecular complexity index is 652. The van der Waals surface area contributed by atoms with Crippen molar-refractivity contribution in [2.45, 2.75) is 11.4 Å². The third-order valence-electron chi connectivity index (χ3n) is 2.37. The van der Waals surface area contributed by atoms with E-state index in [1.54, 1.807) is 0 Å². The van der Waals surface area contributed by atoms with Gasteiger partial charge in [-0.15, -0.1) is 0 Å². The van der Waals surface area contributed by atoms with Crippen molar-refractivity contribution < 1.29 is 12.8 Å². The average Bonchev–Trinajstić information content (AvgIpc) is 2.82. The van der Waals surface area contributed by atoms with Crippen LogP contribution in [0.3, 0.4) is 0 Å². The van der Waals surface area contributed by atoms with Gasteiger partial charge in [0.1, 0.15) is 10.7 Å². The molecule has 0 aliphatic heterocycles. The van der Waals surface area contributed by atoms with E-state index in [1.807, 2.05) is 0 Å². The summed E-state index contributed by atoms with van der Waals surface area (Å²) in [6.45, 7) is 0.804. The number of benzene rings is 1. The second-order valence-electron chi connectivity index (χ2n) is 3.84. The second-order valence-corrected chi connectivity index (χ2v) is 5.52. The molecule has 3 N–H and O–H groups in total. The molecule has 0 aliphatic carbocycles. The van der Waals surface area contributed by atoms with E-state index < -0.39 is 15.8 Å². The largest absolute Gasteiger partial charge is 0.329 e. The van der Waals surface area contributed by atoms with Crippen LogP contribution in [0.4, 0.5) is 10.1 Å². The summed E-state index contributed by atoms with van der Waals surface area (Å²) in [5, 5.41) is 3.89. The number of hydrogen-bond donors (Lipinski definition) is 2. The molecule has 1 heterocycles. The number of hydrogen-bond acceptors (Lipinski definition) is 4. The molecule has 0 fully saturated rings. The summed E-state index contributed by atoms with van der Waals surface area (Å²) < 4.78 is 40.5. The average molecular weight is 284 g/mol. The van der Waals surface area contributed by atoms with E-state index in [-0.39, 0.29) is 10.6 Å². The van der Waals surface area contributed by atoms with Crippen molar-refractivity contribution in [3.05, 3.63) is 42.5 Å². The number of nitrogens with two attached hydrogens (primary N) is 1. The maximum Gasteiger partial charge on any atom is 0.265 e. The van der Waals surface area contributed by atoms with Crippen molar-refractivity contribution in [1.29, 1.82) is 0 Å². The van der Waals surface area contributed by atoms with E-state index in [4.69, 9.17) is 5.73 Å². The molecule has 0 aliphatic rings. The van der Waals surface area contributed by atoms with Crippen LogP contribution in [0.1, 0.15) is 0 Å². The SMILES string of the molecule is NCCn1cc(S(=O)(=O)Nc2ccc(F)cc2)cn1. The predicted octanol–water partition coefficient (Wildman–Crippen LogP) is 0.782. The summed E-state index contributed by atoms with van der Waals surface area (Å²) in [6.07, 6.45) is 2.63. The molecular formula is C11H13FN4O2S. The first-order valence-corrected chi connectivity index (χ1v) is 7.00. The highest BCUT2D eigenvalue weighted by Crippen LogP contribution is 2.15. The summed E-state index contributed by atoms with van der Waals surface area (Å²) in [5.41, 5.74) is 5.64. The van der Waals surface area contributed by atoms with Crippen molar-refractivity contribution in [2.75, 3.05) is 11.3 Å². The zero-order valence-corrected chi connectivity index (χ0v) is 10.8. The summed E-state index contributed by atoms with van der Waals surface area (Å²) >= 11 is 0. The Balaban J connectivity index is 2.19. The van der Waals surface area contributed by atoms with Gasteiger partial charge in [0.25, 0.3) is 10.0 Å². The Morgan fingerprint density at radius 2 is 2.00 bits per heavy atom. The lowest BCUT2D eigenvalue weighted by atomic mass is 10.3. The van der Waals surface area contributed by atoms with Gasteiger partial charge < -0.3 is 5.73 Å². The molecule has 0 saturated carbocycles. The molecule has 0 amide bonds. The minimum absolute atomic E-state index is 0.0327. The van der Waals surface area contributed by atoms with Crippen molar-refractivity contribution in [2.24, 2.45) is 5.73 Å².